The molecule has 1 unspecified atom stereocenters. The molecule has 0 saturated heterocycles. The summed E-state index contributed by atoms with van der Waals surface area (Å²) in [6.45, 7) is 4.31. The van der Waals surface area contributed by atoms with Gasteiger partial charge in [-0.15, -0.1) is 0 Å². The molecule has 0 aliphatic carbocycles. The van der Waals surface area contributed by atoms with Crippen LogP contribution in [0.4, 0.5) is 10.1 Å². The average molecular weight is 522 g/mol. The number of benzene rings is 2. The molecule has 9 nitrogen and oxygen atoms in total. The molecule has 2 aromatic carbocycles. The highest BCUT2D eigenvalue weighted by atomic mass is 32.2. The van der Waals surface area contributed by atoms with Crippen LogP contribution in [0.3, 0.4) is 0 Å². The van der Waals surface area contributed by atoms with Crippen LogP contribution in [0.1, 0.15) is 38.7 Å². The molecule has 0 bridgehead atoms. The van der Waals surface area contributed by atoms with Gasteiger partial charge in [-0.05, 0) is 49.6 Å². The smallest absolute Gasteiger partial charge is 0.242 e. The number of sulfonamides is 1. The van der Waals surface area contributed by atoms with Crippen molar-refractivity contribution in [2.45, 2.75) is 45.7 Å². The van der Waals surface area contributed by atoms with E-state index in [9.17, 15) is 22.4 Å². The third-order valence-electron chi connectivity index (χ3n) is 5.78. The van der Waals surface area contributed by atoms with E-state index in [1.807, 2.05) is 6.92 Å². The zero-order valence-electron chi connectivity index (χ0n) is 20.7. The summed E-state index contributed by atoms with van der Waals surface area (Å²) in [4.78, 5) is 27.3. The van der Waals surface area contributed by atoms with Crippen LogP contribution in [0.2, 0.25) is 0 Å². The van der Waals surface area contributed by atoms with Crippen LogP contribution in [0.25, 0.3) is 0 Å². The van der Waals surface area contributed by atoms with Gasteiger partial charge >= 0.3 is 0 Å². The van der Waals surface area contributed by atoms with E-state index < -0.39 is 21.9 Å². The van der Waals surface area contributed by atoms with Crippen LogP contribution in [0, 0.1) is 5.82 Å². The Morgan fingerprint density at radius 2 is 1.81 bits per heavy atom. The minimum atomic E-state index is -3.63. The van der Waals surface area contributed by atoms with Crippen molar-refractivity contribution in [1.82, 2.24) is 10.2 Å². The predicted octanol–water partition coefficient (Wildman–Crippen LogP) is 3.04. The van der Waals surface area contributed by atoms with Gasteiger partial charge in [-0.2, -0.15) is 0 Å². The third-order valence-corrected chi connectivity index (χ3v) is 6.97. The lowest BCUT2D eigenvalue weighted by molar-refractivity contribution is -0.140. The molecule has 0 fully saturated rings. The molecule has 36 heavy (non-hydrogen) atoms. The SMILES string of the molecule is CCCNC(=O)C(C)N(Cc1ccc(F)cc1)C(=O)CCCN(c1ccc2c(c1)OCO2)S(C)(=O)=O. The van der Waals surface area contributed by atoms with Gasteiger partial charge in [0, 0.05) is 32.1 Å². The lowest BCUT2D eigenvalue weighted by atomic mass is 10.1. The molecule has 1 heterocycles. The average Bonchev–Trinajstić information content (AvgIpc) is 3.31. The Hall–Kier alpha value is -3.34. The highest BCUT2D eigenvalue weighted by molar-refractivity contribution is 7.92. The highest BCUT2D eigenvalue weighted by Gasteiger charge is 2.27. The van der Waals surface area contributed by atoms with Crippen molar-refractivity contribution in [2.75, 3.05) is 30.4 Å². The first kappa shape index (κ1) is 27.3. The van der Waals surface area contributed by atoms with Gasteiger partial charge in [0.2, 0.25) is 28.6 Å². The summed E-state index contributed by atoms with van der Waals surface area (Å²) in [5.41, 5.74) is 1.09. The lowest BCUT2D eigenvalue weighted by Crippen LogP contribution is -2.47. The monoisotopic (exact) mass is 521 g/mol. The van der Waals surface area contributed by atoms with Crippen molar-refractivity contribution in [1.29, 1.82) is 0 Å². The summed E-state index contributed by atoms with van der Waals surface area (Å²) in [5, 5.41) is 2.80. The van der Waals surface area contributed by atoms with Crippen LogP contribution >= 0.6 is 0 Å². The Morgan fingerprint density at radius 1 is 1.11 bits per heavy atom. The van der Waals surface area contributed by atoms with Crippen molar-refractivity contribution in [3.63, 3.8) is 0 Å². The second-order valence-corrected chi connectivity index (χ2v) is 10.5. The van der Waals surface area contributed by atoms with Crippen LogP contribution in [-0.4, -0.2) is 57.3 Å². The van der Waals surface area contributed by atoms with E-state index >= 15 is 0 Å². The standard InChI is InChI=1S/C25H32FN3O6S/c1-4-13-27-25(31)18(2)28(16-19-7-9-20(26)10-8-19)24(30)6-5-14-29(36(3,32)33)21-11-12-22-23(15-21)35-17-34-22/h7-12,15,18H,4-6,13-14,16-17H2,1-3H3,(H,27,31). The Bertz CT molecular complexity index is 1170. The molecule has 196 valence electrons. The van der Waals surface area contributed by atoms with Gasteiger partial charge in [-0.25, -0.2) is 12.8 Å². The molecule has 1 aliphatic rings. The minimum absolute atomic E-state index is 0.0170. The zero-order chi connectivity index (χ0) is 26.3. The van der Waals surface area contributed by atoms with Crippen molar-refractivity contribution in [2.24, 2.45) is 0 Å². The highest BCUT2D eigenvalue weighted by Crippen LogP contribution is 2.36. The number of rotatable bonds is 12. The van der Waals surface area contributed by atoms with E-state index in [1.165, 1.54) is 21.3 Å². The lowest BCUT2D eigenvalue weighted by Gasteiger charge is -2.29. The van der Waals surface area contributed by atoms with E-state index in [-0.39, 0.29) is 44.5 Å². The first-order chi connectivity index (χ1) is 17.1. The molecule has 1 atom stereocenters. The largest absolute Gasteiger partial charge is 0.454 e. The summed E-state index contributed by atoms with van der Waals surface area (Å²) < 4.78 is 50.2. The molecular weight excluding hydrogens is 489 g/mol. The van der Waals surface area contributed by atoms with Crippen molar-refractivity contribution in [3.8, 4) is 11.5 Å². The number of nitrogens with zero attached hydrogens (tertiary/aromatic N) is 2. The third kappa shape index (κ3) is 7.09. The molecule has 1 aliphatic heterocycles. The first-order valence-corrected chi connectivity index (χ1v) is 13.6. The molecule has 0 saturated carbocycles. The molecule has 11 heteroatoms. The van der Waals surface area contributed by atoms with E-state index in [2.05, 4.69) is 5.32 Å². The fraction of sp³-hybridized carbons (Fsp3) is 0.440. The Balaban J connectivity index is 1.71. The van der Waals surface area contributed by atoms with Crippen LogP contribution in [-0.2, 0) is 26.2 Å². The number of halogens is 1. The minimum Gasteiger partial charge on any atom is -0.454 e. The predicted molar refractivity (Wildman–Crippen MR) is 134 cm³/mol. The van der Waals surface area contributed by atoms with Gasteiger partial charge in [-0.1, -0.05) is 19.1 Å². The van der Waals surface area contributed by atoms with E-state index in [1.54, 1.807) is 37.3 Å². The van der Waals surface area contributed by atoms with E-state index in [0.29, 0.717) is 29.3 Å². The maximum atomic E-state index is 13.3. The van der Waals surface area contributed by atoms with Crippen LogP contribution in [0.15, 0.2) is 42.5 Å². The Kier molecular flexibility index (Phi) is 9.14. The number of nitrogens with one attached hydrogen (secondary N) is 1. The molecule has 0 spiro atoms. The van der Waals surface area contributed by atoms with Crippen LogP contribution in [0.5, 0.6) is 11.5 Å². The number of ether oxygens (including phenoxy) is 2. The van der Waals surface area contributed by atoms with Gasteiger partial charge in [0.1, 0.15) is 11.9 Å². The maximum Gasteiger partial charge on any atom is 0.242 e. The number of carbonyl (C=O) groups excluding carboxylic acids is 2. The fourth-order valence-electron chi connectivity index (χ4n) is 3.81. The number of anilines is 1. The maximum absolute atomic E-state index is 13.3. The van der Waals surface area contributed by atoms with E-state index in [4.69, 9.17) is 9.47 Å². The number of carbonyl (C=O) groups is 2. The van der Waals surface area contributed by atoms with Crippen molar-refractivity contribution < 1.29 is 31.9 Å². The number of fused-ring (bicyclic) bond motifs is 1. The van der Waals surface area contributed by atoms with E-state index in [0.717, 1.165) is 12.7 Å². The summed E-state index contributed by atoms with van der Waals surface area (Å²) >= 11 is 0. The summed E-state index contributed by atoms with van der Waals surface area (Å²) in [5.74, 6) is 0.00144. The molecule has 2 amide bonds. The van der Waals surface area contributed by atoms with Crippen molar-refractivity contribution in [3.05, 3.63) is 53.8 Å². The first-order valence-electron chi connectivity index (χ1n) is 11.8. The summed E-state index contributed by atoms with van der Waals surface area (Å²) in [6.07, 6.45) is 2.10. The topological polar surface area (TPSA) is 105 Å². The second-order valence-electron chi connectivity index (χ2n) is 8.59. The van der Waals surface area contributed by atoms with Crippen molar-refractivity contribution >= 4 is 27.5 Å². The zero-order valence-corrected chi connectivity index (χ0v) is 21.5. The molecular formula is C25H32FN3O6S. The van der Waals surface area contributed by atoms with Gasteiger partial charge < -0.3 is 19.7 Å². The van der Waals surface area contributed by atoms with Gasteiger partial charge in [-0.3, -0.25) is 13.9 Å². The van der Waals surface area contributed by atoms with Crippen LogP contribution < -0.4 is 19.1 Å². The quantitative estimate of drug-likeness (QED) is 0.460. The van der Waals surface area contributed by atoms with Gasteiger partial charge in [0.15, 0.2) is 11.5 Å². The molecule has 1 N–H and O–H groups in total. The fourth-order valence-corrected chi connectivity index (χ4v) is 4.77. The summed E-state index contributed by atoms with van der Waals surface area (Å²) in [6, 6.07) is 9.83. The number of hydrogen-bond donors (Lipinski definition) is 1. The normalized spacial score (nSPS) is 13.2. The molecule has 0 radical (unpaired) electrons. The molecule has 2 aromatic rings. The number of amides is 2. The Labute approximate surface area is 211 Å². The molecule has 3 rings (SSSR count). The number of hydrogen-bond acceptors (Lipinski definition) is 6. The van der Waals surface area contributed by atoms with Gasteiger partial charge in [0.25, 0.3) is 0 Å². The molecule has 0 aromatic heterocycles. The van der Waals surface area contributed by atoms with Gasteiger partial charge in [0.05, 0.1) is 11.9 Å². The summed E-state index contributed by atoms with van der Waals surface area (Å²) in [7, 11) is -3.63. The second kappa shape index (κ2) is 12.1. The Morgan fingerprint density at radius 3 is 2.47 bits per heavy atom.